The van der Waals surface area contributed by atoms with Gasteiger partial charge in [0.1, 0.15) is 11.6 Å². The minimum absolute atomic E-state index is 0.0580. The normalized spacial score (nSPS) is 21.5. The monoisotopic (exact) mass is 605 g/mol. The Balaban J connectivity index is 1.36. The first-order valence-electron chi connectivity index (χ1n) is 16.3. The molecule has 5 heteroatoms. The van der Waals surface area contributed by atoms with E-state index in [4.69, 9.17) is 9.97 Å². The number of aromatic nitrogens is 2. The van der Waals surface area contributed by atoms with Gasteiger partial charge in [-0.15, -0.1) is 0 Å². The van der Waals surface area contributed by atoms with Crippen molar-refractivity contribution in [2.75, 3.05) is 28.8 Å². The van der Waals surface area contributed by atoms with Crippen molar-refractivity contribution in [1.82, 2.24) is 9.97 Å². The van der Waals surface area contributed by atoms with E-state index in [0.29, 0.717) is 0 Å². The molecule has 0 amide bonds. The summed E-state index contributed by atoms with van der Waals surface area (Å²) in [6.45, 7) is 9.27. The second-order valence-corrected chi connectivity index (χ2v) is 13.7. The van der Waals surface area contributed by atoms with Gasteiger partial charge in [-0.05, 0) is 66.5 Å². The average molecular weight is 606 g/mol. The molecule has 2 aromatic carbocycles. The Bertz CT molecular complexity index is 1840. The summed E-state index contributed by atoms with van der Waals surface area (Å²) in [5.74, 6) is 2.11. The highest BCUT2D eigenvalue weighted by molar-refractivity contribution is 5.74. The van der Waals surface area contributed by atoms with Crippen LogP contribution in [0, 0.1) is 0 Å². The summed E-state index contributed by atoms with van der Waals surface area (Å²) in [7, 11) is 4.31. The van der Waals surface area contributed by atoms with Crippen LogP contribution in [0.15, 0.2) is 144 Å². The number of hydrogen-bond acceptors (Lipinski definition) is 5. The maximum Gasteiger partial charge on any atom is 0.136 e. The van der Waals surface area contributed by atoms with Crippen molar-refractivity contribution in [3.05, 3.63) is 155 Å². The highest BCUT2D eigenvalue weighted by atomic mass is 15.2. The van der Waals surface area contributed by atoms with Crippen LogP contribution >= 0.6 is 0 Å². The first-order chi connectivity index (χ1) is 22.2. The molecule has 46 heavy (non-hydrogen) atoms. The van der Waals surface area contributed by atoms with Gasteiger partial charge < -0.3 is 14.7 Å². The lowest BCUT2D eigenvalue weighted by Crippen LogP contribution is -2.37. The number of allylic oxidation sites excluding steroid dienone is 6. The molecular weight excluding hydrogens is 562 g/mol. The number of benzene rings is 2. The van der Waals surface area contributed by atoms with E-state index in [-0.39, 0.29) is 16.9 Å². The van der Waals surface area contributed by atoms with E-state index in [1.807, 2.05) is 18.5 Å². The number of hydrogen-bond donors (Lipinski definition) is 0. The van der Waals surface area contributed by atoms with E-state index >= 15 is 0 Å². The molecule has 3 aliphatic rings. The molecule has 1 aliphatic carbocycles. The number of anilines is 4. The summed E-state index contributed by atoms with van der Waals surface area (Å²) in [6, 6.07) is 30.3. The molecule has 0 fully saturated rings. The van der Waals surface area contributed by atoms with Crippen molar-refractivity contribution < 1.29 is 0 Å². The maximum atomic E-state index is 4.74. The Morgan fingerprint density at radius 2 is 1.33 bits per heavy atom. The Morgan fingerprint density at radius 1 is 0.717 bits per heavy atom. The van der Waals surface area contributed by atoms with Crippen molar-refractivity contribution in [2.45, 2.75) is 57.4 Å². The van der Waals surface area contributed by atoms with Crippen molar-refractivity contribution in [1.29, 1.82) is 0 Å². The summed E-state index contributed by atoms with van der Waals surface area (Å²) in [4.78, 5) is 16.5. The van der Waals surface area contributed by atoms with Gasteiger partial charge in [-0.25, -0.2) is 9.97 Å². The Hall–Kier alpha value is -4.90. The summed E-state index contributed by atoms with van der Waals surface area (Å²) in [5, 5.41) is 0. The van der Waals surface area contributed by atoms with E-state index in [2.05, 4.69) is 160 Å². The van der Waals surface area contributed by atoms with Crippen LogP contribution in [0.2, 0.25) is 0 Å². The van der Waals surface area contributed by atoms with Gasteiger partial charge in [0.15, 0.2) is 0 Å². The third-order valence-corrected chi connectivity index (χ3v) is 10.2. The van der Waals surface area contributed by atoms with E-state index in [0.717, 1.165) is 35.9 Å². The fourth-order valence-corrected chi connectivity index (χ4v) is 7.74. The van der Waals surface area contributed by atoms with Crippen LogP contribution in [0.3, 0.4) is 0 Å². The number of para-hydroxylation sites is 2. The van der Waals surface area contributed by atoms with Crippen LogP contribution in [-0.2, 0) is 10.8 Å². The molecule has 1 atom stereocenters. The summed E-state index contributed by atoms with van der Waals surface area (Å²) in [6.07, 6.45) is 15.2. The van der Waals surface area contributed by atoms with Crippen LogP contribution in [0.4, 0.5) is 23.0 Å². The predicted octanol–water partition coefficient (Wildman–Crippen LogP) is 9.25. The second kappa shape index (κ2) is 11.5. The average Bonchev–Trinajstić information content (AvgIpc) is 3.62. The van der Waals surface area contributed by atoms with E-state index in [1.54, 1.807) is 0 Å². The molecule has 232 valence electrons. The van der Waals surface area contributed by atoms with Gasteiger partial charge in [-0.2, -0.15) is 0 Å². The molecule has 0 bridgehead atoms. The van der Waals surface area contributed by atoms with Crippen molar-refractivity contribution in [3.63, 3.8) is 0 Å². The van der Waals surface area contributed by atoms with Crippen LogP contribution < -0.4 is 14.7 Å². The predicted molar refractivity (Wildman–Crippen MR) is 192 cm³/mol. The second-order valence-electron chi connectivity index (χ2n) is 13.7. The highest BCUT2D eigenvalue weighted by Gasteiger charge is 2.43. The first-order valence-corrected chi connectivity index (χ1v) is 16.3. The molecular formula is C41H43N5. The molecule has 2 aliphatic heterocycles. The number of pyridine rings is 2. The fourth-order valence-electron chi connectivity index (χ4n) is 7.74. The van der Waals surface area contributed by atoms with Crippen molar-refractivity contribution in [2.24, 2.45) is 0 Å². The molecule has 0 spiro atoms. The number of nitrogens with zero attached hydrogens (tertiary/aromatic N) is 5. The third kappa shape index (κ3) is 4.86. The Kier molecular flexibility index (Phi) is 7.43. The topological polar surface area (TPSA) is 35.5 Å². The van der Waals surface area contributed by atoms with Gasteiger partial charge in [-0.1, -0.05) is 94.5 Å². The summed E-state index contributed by atoms with van der Waals surface area (Å²) >= 11 is 0. The Labute approximate surface area is 273 Å². The van der Waals surface area contributed by atoms with E-state index in [9.17, 15) is 0 Å². The van der Waals surface area contributed by atoms with Gasteiger partial charge in [0.2, 0.25) is 0 Å². The minimum atomic E-state index is -0.138. The molecule has 7 rings (SSSR count). The Morgan fingerprint density at radius 3 is 1.93 bits per heavy atom. The molecule has 0 N–H and O–H groups in total. The minimum Gasteiger partial charge on any atom is -0.352 e. The lowest BCUT2D eigenvalue weighted by molar-refractivity contribution is 0.487. The van der Waals surface area contributed by atoms with Gasteiger partial charge in [-0.3, -0.25) is 0 Å². The molecule has 0 saturated carbocycles. The lowest BCUT2D eigenvalue weighted by atomic mass is 9.80. The smallest absolute Gasteiger partial charge is 0.136 e. The number of fused-ring (bicyclic) bond motifs is 2. The van der Waals surface area contributed by atoms with E-state index < -0.39 is 0 Å². The van der Waals surface area contributed by atoms with Gasteiger partial charge in [0, 0.05) is 65.5 Å². The van der Waals surface area contributed by atoms with Gasteiger partial charge >= 0.3 is 0 Å². The molecule has 4 aromatic rings. The number of likely N-dealkylation sites (N-methyl/N-ethyl adjacent to an activating group) is 2. The van der Waals surface area contributed by atoms with E-state index in [1.165, 1.54) is 33.7 Å². The maximum absolute atomic E-state index is 4.74. The van der Waals surface area contributed by atoms with Gasteiger partial charge in [0.05, 0.1) is 11.7 Å². The van der Waals surface area contributed by atoms with Crippen LogP contribution in [0.1, 0.15) is 51.7 Å². The number of rotatable bonds is 6. The lowest BCUT2D eigenvalue weighted by Gasteiger charge is -2.30. The zero-order chi connectivity index (χ0) is 32.1. The SMILES string of the molecule is CN1/C(=C/C=C2\CCC(/C=C/C3N(C)c4ncccc4C3(C)C)=C2N(c2ccccc2)c2ccccc2)C(C)(C)c2cccnc21. The molecule has 0 saturated heterocycles. The highest BCUT2D eigenvalue weighted by Crippen LogP contribution is 2.47. The molecule has 0 radical (unpaired) electrons. The van der Waals surface area contributed by atoms with Crippen LogP contribution in [0.25, 0.3) is 0 Å². The quantitative estimate of drug-likeness (QED) is 0.219. The van der Waals surface area contributed by atoms with Crippen molar-refractivity contribution in [3.8, 4) is 0 Å². The summed E-state index contributed by atoms with van der Waals surface area (Å²) in [5.41, 5.74) is 9.86. The zero-order valence-corrected chi connectivity index (χ0v) is 27.8. The van der Waals surface area contributed by atoms with Gasteiger partial charge in [0.25, 0.3) is 0 Å². The fraction of sp³-hybridized carbons (Fsp3) is 0.268. The first kappa shape index (κ1) is 29.8. The molecule has 5 nitrogen and oxygen atoms in total. The van der Waals surface area contributed by atoms with Crippen LogP contribution in [0.5, 0.6) is 0 Å². The van der Waals surface area contributed by atoms with Crippen molar-refractivity contribution >= 4 is 23.0 Å². The standard InChI is InChI=1S/C41H43N5/c1-40(2)33-19-13-27-42-38(33)44(5)35(40)25-23-29-21-22-30(24-26-36-41(3,4)34-20-14-28-43-39(34)45(36)6)37(29)46(31-15-9-7-10-16-31)32-17-11-8-12-18-32/h7-20,23-28,35H,21-22H2,1-6H3/b25-23+,30-24+,36-26+. The van der Waals surface area contributed by atoms with Crippen LogP contribution in [-0.4, -0.2) is 30.1 Å². The third-order valence-electron chi connectivity index (χ3n) is 10.2. The summed E-state index contributed by atoms with van der Waals surface area (Å²) < 4.78 is 0. The zero-order valence-electron chi connectivity index (χ0n) is 27.8. The molecule has 1 unspecified atom stereocenters. The molecule has 2 aromatic heterocycles. The largest absolute Gasteiger partial charge is 0.352 e. The molecule has 4 heterocycles.